The molecule has 1 aliphatic rings. The fraction of sp³-hybridized carbons (Fsp3) is 0.458. The second-order valence-corrected chi connectivity index (χ2v) is 9.81. The Balaban J connectivity index is 1.77. The SMILES string of the molecule is C=C/C(=C\C(C)=C/CO)CN1CCN(c2nc3ccc(Cl)cc3s2)C[C@H]1CC(C)C. The van der Waals surface area contributed by atoms with Crippen LogP contribution in [0.4, 0.5) is 5.13 Å². The van der Waals surface area contributed by atoms with E-state index in [9.17, 15) is 0 Å². The Bertz CT molecular complexity index is 934. The maximum absolute atomic E-state index is 9.13. The van der Waals surface area contributed by atoms with Crippen molar-refractivity contribution < 1.29 is 5.11 Å². The minimum absolute atomic E-state index is 0.0643. The van der Waals surface area contributed by atoms with Gasteiger partial charge in [-0.1, -0.05) is 67.2 Å². The van der Waals surface area contributed by atoms with Gasteiger partial charge >= 0.3 is 0 Å². The quantitative estimate of drug-likeness (QED) is 0.541. The van der Waals surface area contributed by atoms with Gasteiger partial charge in [-0.3, -0.25) is 4.90 Å². The van der Waals surface area contributed by atoms with Crippen molar-refractivity contribution in [2.45, 2.75) is 33.2 Å². The summed E-state index contributed by atoms with van der Waals surface area (Å²) in [5.74, 6) is 0.624. The van der Waals surface area contributed by atoms with Crippen molar-refractivity contribution in [2.75, 3.05) is 37.7 Å². The molecule has 30 heavy (non-hydrogen) atoms. The van der Waals surface area contributed by atoms with Crippen LogP contribution in [-0.4, -0.2) is 53.8 Å². The number of hydrogen-bond acceptors (Lipinski definition) is 5. The van der Waals surface area contributed by atoms with Gasteiger partial charge in [0.25, 0.3) is 0 Å². The van der Waals surface area contributed by atoms with Gasteiger partial charge in [-0.15, -0.1) is 0 Å². The van der Waals surface area contributed by atoms with Crippen LogP contribution >= 0.6 is 22.9 Å². The van der Waals surface area contributed by atoms with Gasteiger partial charge < -0.3 is 10.0 Å². The molecule has 2 heterocycles. The van der Waals surface area contributed by atoms with Crippen molar-refractivity contribution in [1.82, 2.24) is 9.88 Å². The first-order valence-electron chi connectivity index (χ1n) is 10.5. The van der Waals surface area contributed by atoms with Gasteiger partial charge in [-0.2, -0.15) is 0 Å². The van der Waals surface area contributed by atoms with Gasteiger partial charge in [0.15, 0.2) is 5.13 Å². The number of rotatable bonds is 8. The molecule has 0 unspecified atom stereocenters. The number of aliphatic hydroxyl groups is 1. The summed E-state index contributed by atoms with van der Waals surface area (Å²) in [6.45, 7) is 14.5. The van der Waals surface area contributed by atoms with Gasteiger partial charge in [-0.05, 0) is 43.0 Å². The van der Waals surface area contributed by atoms with Crippen LogP contribution in [0.1, 0.15) is 27.2 Å². The largest absolute Gasteiger partial charge is 0.392 e. The van der Waals surface area contributed by atoms with Gasteiger partial charge in [0.1, 0.15) is 0 Å². The number of nitrogens with zero attached hydrogens (tertiary/aromatic N) is 3. The lowest BCUT2D eigenvalue weighted by Gasteiger charge is -2.42. The van der Waals surface area contributed by atoms with Gasteiger partial charge in [-0.25, -0.2) is 4.98 Å². The summed E-state index contributed by atoms with van der Waals surface area (Å²) in [5.41, 5.74) is 3.28. The van der Waals surface area contributed by atoms with Crippen LogP contribution in [0.15, 0.2) is 54.2 Å². The minimum Gasteiger partial charge on any atom is -0.392 e. The van der Waals surface area contributed by atoms with E-state index in [1.807, 2.05) is 37.3 Å². The molecule has 1 atom stereocenters. The number of aromatic nitrogens is 1. The summed E-state index contributed by atoms with van der Waals surface area (Å²) >= 11 is 7.88. The molecule has 1 aromatic carbocycles. The van der Waals surface area contributed by atoms with E-state index < -0.39 is 0 Å². The first kappa shape index (κ1) is 23.0. The van der Waals surface area contributed by atoms with E-state index >= 15 is 0 Å². The lowest BCUT2D eigenvalue weighted by Crippen LogP contribution is -2.54. The van der Waals surface area contributed by atoms with Gasteiger partial charge in [0.05, 0.1) is 16.8 Å². The van der Waals surface area contributed by atoms with Crippen molar-refractivity contribution in [3.63, 3.8) is 0 Å². The van der Waals surface area contributed by atoms with Crippen LogP contribution in [0.3, 0.4) is 0 Å². The van der Waals surface area contributed by atoms with Crippen LogP contribution in [0.5, 0.6) is 0 Å². The van der Waals surface area contributed by atoms with Crippen LogP contribution in [-0.2, 0) is 0 Å². The monoisotopic (exact) mass is 445 g/mol. The number of allylic oxidation sites excluding steroid dienone is 2. The summed E-state index contributed by atoms with van der Waals surface area (Å²) in [5, 5.41) is 11.0. The average molecular weight is 446 g/mol. The zero-order valence-corrected chi connectivity index (χ0v) is 19.7. The third-order valence-corrected chi connectivity index (χ3v) is 6.75. The number of halogens is 1. The van der Waals surface area contributed by atoms with E-state index in [0.717, 1.165) is 58.5 Å². The summed E-state index contributed by atoms with van der Waals surface area (Å²) < 4.78 is 1.14. The summed E-state index contributed by atoms with van der Waals surface area (Å²) in [7, 11) is 0. The first-order chi connectivity index (χ1) is 14.4. The molecule has 1 fully saturated rings. The predicted octanol–water partition coefficient (Wildman–Crippen LogP) is 5.54. The number of anilines is 1. The van der Waals surface area contributed by atoms with E-state index in [2.05, 4.69) is 36.3 Å². The first-order valence-corrected chi connectivity index (χ1v) is 11.7. The second-order valence-electron chi connectivity index (χ2n) is 8.36. The molecule has 0 aliphatic carbocycles. The molecule has 0 radical (unpaired) electrons. The molecule has 2 aromatic rings. The zero-order chi connectivity index (χ0) is 21.7. The summed E-state index contributed by atoms with van der Waals surface area (Å²) in [4.78, 5) is 9.86. The molecule has 1 aromatic heterocycles. The Kier molecular flexibility index (Phi) is 8.12. The summed E-state index contributed by atoms with van der Waals surface area (Å²) in [6.07, 6.45) is 7.03. The number of benzene rings is 1. The maximum atomic E-state index is 9.13. The molecule has 0 saturated carbocycles. The van der Waals surface area contributed by atoms with Crippen molar-refractivity contribution >= 4 is 38.3 Å². The van der Waals surface area contributed by atoms with Crippen molar-refractivity contribution in [3.8, 4) is 0 Å². The van der Waals surface area contributed by atoms with E-state index in [4.69, 9.17) is 21.7 Å². The van der Waals surface area contributed by atoms with Crippen molar-refractivity contribution in [3.05, 3.63) is 59.2 Å². The third-order valence-electron chi connectivity index (χ3n) is 5.43. The van der Waals surface area contributed by atoms with E-state index in [1.165, 1.54) is 5.57 Å². The Morgan fingerprint density at radius 2 is 2.20 bits per heavy atom. The molecular formula is C24H32ClN3OS. The smallest absolute Gasteiger partial charge is 0.186 e. The second kappa shape index (κ2) is 10.6. The molecule has 3 rings (SSSR count). The van der Waals surface area contributed by atoms with E-state index in [-0.39, 0.29) is 6.61 Å². The third kappa shape index (κ3) is 5.94. The number of aliphatic hydroxyl groups excluding tert-OH is 1. The van der Waals surface area contributed by atoms with Crippen LogP contribution in [0.2, 0.25) is 5.02 Å². The Morgan fingerprint density at radius 3 is 2.90 bits per heavy atom. The lowest BCUT2D eigenvalue weighted by molar-refractivity contribution is 0.170. The molecule has 4 nitrogen and oxygen atoms in total. The molecular weight excluding hydrogens is 414 g/mol. The molecule has 0 spiro atoms. The topological polar surface area (TPSA) is 39.6 Å². The lowest BCUT2D eigenvalue weighted by atomic mass is 9.99. The average Bonchev–Trinajstić information content (AvgIpc) is 3.11. The molecule has 6 heteroatoms. The normalized spacial score (nSPS) is 19.1. The number of hydrogen-bond donors (Lipinski definition) is 1. The number of thiazole rings is 1. The van der Waals surface area contributed by atoms with Crippen LogP contribution < -0.4 is 4.90 Å². The molecule has 1 saturated heterocycles. The fourth-order valence-electron chi connectivity index (χ4n) is 3.96. The highest BCUT2D eigenvalue weighted by Crippen LogP contribution is 2.32. The molecule has 1 N–H and O–H groups in total. The Labute approximate surface area is 189 Å². The number of piperazine rings is 1. The number of fused-ring (bicyclic) bond motifs is 1. The van der Waals surface area contributed by atoms with Crippen LogP contribution in [0.25, 0.3) is 10.2 Å². The highest BCUT2D eigenvalue weighted by Gasteiger charge is 2.29. The zero-order valence-electron chi connectivity index (χ0n) is 18.1. The molecule has 0 amide bonds. The van der Waals surface area contributed by atoms with Crippen LogP contribution in [0, 0.1) is 5.92 Å². The van der Waals surface area contributed by atoms with Gasteiger partial charge in [0, 0.05) is 37.2 Å². The standard InChI is InChI=1S/C24H32ClN3OS/c1-5-19(13-18(4)8-11-29)15-27-9-10-28(16-21(27)12-17(2)3)24-26-22-7-6-20(25)14-23(22)30-24/h5-8,13-14,17,21,29H,1,9-12,15-16H2,2-4H3/b18-8-,19-13+/t21-/m1/s1. The van der Waals surface area contributed by atoms with E-state index in [1.54, 1.807) is 11.3 Å². The van der Waals surface area contributed by atoms with Gasteiger partial charge in [0.2, 0.25) is 0 Å². The summed E-state index contributed by atoms with van der Waals surface area (Å²) in [6, 6.07) is 6.37. The van der Waals surface area contributed by atoms with Crippen molar-refractivity contribution in [1.29, 1.82) is 0 Å². The highest BCUT2D eigenvalue weighted by atomic mass is 35.5. The minimum atomic E-state index is 0.0643. The van der Waals surface area contributed by atoms with E-state index in [0.29, 0.717) is 12.0 Å². The Hall–Kier alpha value is -1.66. The predicted molar refractivity (Wildman–Crippen MR) is 131 cm³/mol. The fourth-order valence-corrected chi connectivity index (χ4v) is 5.24. The molecule has 1 aliphatic heterocycles. The van der Waals surface area contributed by atoms with Crippen molar-refractivity contribution in [2.24, 2.45) is 5.92 Å². The highest BCUT2D eigenvalue weighted by molar-refractivity contribution is 7.22. The Morgan fingerprint density at radius 1 is 1.40 bits per heavy atom. The molecule has 0 bridgehead atoms. The maximum Gasteiger partial charge on any atom is 0.186 e. The molecule has 162 valence electrons.